The summed E-state index contributed by atoms with van der Waals surface area (Å²) in [6, 6.07) is 19.1. The van der Waals surface area contributed by atoms with Gasteiger partial charge in [-0.25, -0.2) is 0 Å². The molecule has 3 rings (SSSR count). The zero-order valence-corrected chi connectivity index (χ0v) is 15.3. The quantitative estimate of drug-likeness (QED) is 0.598. The van der Waals surface area contributed by atoms with Crippen LogP contribution in [-0.2, 0) is 23.8 Å². The molecule has 0 amide bonds. The molecule has 1 fully saturated rings. The highest BCUT2D eigenvalue weighted by atomic mass is 16.6. The number of carbonyl (C=O) groups excluding carboxylic acids is 2. The van der Waals surface area contributed by atoms with Crippen LogP contribution in [0.5, 0.6) is 0 Å². The summed E-state index contributed by atoms with van der Waals surface area (Å²) in [6.45, 7) is 0. The van der Waals surface area contributed by atoms with Crippen LogP contribution in [-0.4, -0.2) is 32.3 Å². The molecule has 27 heavy (non-hydrogen) atoms. The Hall–Kier alpha value is -2.92. The molecule has 0 N–H and O–H groups in total. The Morgan fingerprint density at radius 2 is 1.52 bits per heavy atom. The van der Waals surface area contributed by atoms with Gasteiger partial charge in [0.25, 0.3) is 0 Å². The van der Waals surface area contributed by atoms with Gasteiger partial charge in [-0.3, -0.25) is 9.59 Å². The normalized spacial score (nSPS) is 21.1. The molecule has 2 aromatic rings. The lowest BCUT2D eigenvalue weighted by atomic mass is 9.78. The molecular formula is C22H22O5. The van der Waals surface area contributed by atoms with Crippen molar-refractivity contribution in [1.82, 2.24) is 0 Å². The zero-order chi connectivity index (χ0) is 19.3. The predicted octanol–water partition coefficient (Wildman–Crippen LogP) is 3.56. The fraction of sp³-hybridized carbons (Fsp3) is 0.273. The maximum atomic E-state index is 12.7. The molecule has 1 aliphatic rings. The van der Waals surface area contributed by atoms with Gasteiger partial charge in [0.1, 0.15) is 6.10 Å². The molecule has 1 saturated heterocycles. The fourth-order valence-corrected chi connectivity index (χ4v) is 3.43. The lowest BCUT2D eigenvalue weighted by Crippen LogP contribution is -2.46. The van der Waals surface area contributed by atoms with Crippen LogP contribution in [0.15, 0.2) is 66.7 Å². The van der Waals surface area contributed by atoms with E-state index in [1.165, 1.54) is 14.2 Å². The van der Waals surface area contributed by atoms with Crippen LogP contribution in [0.25, 0.3) is 6.08 Å². The van der Waals surface area contributed by atoms with Crippen LogP contribution >= 0.6 is 0 Å². The van der Waals surface area contributed by atoms with Crippen molar-refractivity contribution < 1.29 is 23.8 Å². The number of benzene rings is 2. The minimum absolute atomic E-state index is 0.153. The number of hydrogen-bond donors (Lipinski definition) is 0. The second-order valence-corrected chi connectivity index (χ2v) is 6.38. The summed E-state index contributed by atoms with van der Waals surface area (Å²) in [5, 5.41) is 0. The van der Waals surface area contributed by atoms with Gasteiger partial charge < -0.3 is 14.2 Å². The molecule has 1 heterocycles. The van der Waals surface area contributed by atoms with Gasteiger partial charge in [-0.1, -0.05) is 72.8 Å². The van der Waals surface area contributed by atoms with E-state index in [0.29, 0.717) is 0 Å². The summed E-state index contributed by atoms with van der Waals surface area (Å²) in [5.41, 5.74) is 0.285. The third-order valence-corrected chi connectivity index (χ3v) is 4.84. The van der Waals surface area contributed by atoms with Gasteiger partial charge in [-0.15, -0.1) is 0 Å². The van der Waals surface area contributed by atoms with Crippen molar-refractivity contribution in [2.45, 2.75) is 18.6 Å². The maximum Gasteiger partial charge on any atom is 0.326 e. The van der Waals surface area contributed by atoms with Crippen molar-refractivity contribution in [2.24, 2.45) is 5.41 Å². The fourth-order valence-electron chi connectivity index (χ4n) is 3.43. The van der Waals surface area contributed by atoms with E-state index in [-0.39, 0.29) is 6.42 Å². The van der Waals surface area contributed by atoms with E-state index in [1.54, 1.807) is 6.08 Å². The van der Waals surface area contributed by atoms with Gasteiger partial charge in [-0.05, 0) is 11.1 Å². The van der Waals surface area contributed by atoms with E-state index in [0.717, 1.165) is 11.1 Å². The Bertz CT molecular complexity index is 797. The second-order valence-electron chi connectivity index (χ2n) is 6.38. The monoisotopic (exact) mass is 366 g/mol. The van der Waals surface area contributed by atoms with Crippen molar-refractivity contribution >= 4 is 18.0 Å². The van der Waals surface area contributed by atoms with Crippen LogP contribution in [0.2, 0.25) is 0 Å². The number of carbonyl (C=O) groups is 2. The molecule has 2 aromatic carbocycles. The highest BCUT2D eigenvalue weighted by Crippen LogP contribution is 2.48. The number of hydrogen-bond acceptors (Lipinski definition) is 5. The Morgan fingerprint density at radius 1 is 0.963 bits per heavy atom. The molecule has 0 saturated carbocycles. The minimum Gasteiger partial charge on any atom is -0.468 e. The SMILES string of the molecule is COC(=O)C1(C(=O)OC)C[C@@H](c2ccccc2)O[C@H]1/C=C/c1ccccc1. The minimum atomic E-state index is -1.55. The molecule has 1 aliphatic heterocycles. The Labute approximate surface area is 158 Å². The zero-order valence-electron chi connectivity index (χ0n) is 15.3. The van der Waals surface area contributed by atoms with Crippen LogP contribution < -0.4 is 0 Å². The number of rotatable bonds is 5. The van der Waals surface area contributed by atoms with Crippen molar-refractivity contribution in [3.8, 4) is 0 Å². The topological polar surface area (TPSA) is 61.8 Å². The van der Waals surface area contributed by atoms with Crippen molar-refractivity contribution in [3.05, 3.63) is 77.9 Å². The van der Waals surface area contributed by atoms with E-state index in [4.69, 9.17) is 14.2 Å². The number of esters is 2. The standard InChI is InChI=1S/C22H22O5/c1-25-20(23)22(21(24)26-2)15-18(17-11-7-4-8-12-17)27-19(22)14-13-16-9-5-3-6-10-16/h3-14,18-19H,15H2,1-2H3/b14-13+/t18-,19-/m0/s1. The molecule has 0 bridgehead atoms. The average molecular weight is 366 g/mol. The summed E-state index contributed by atoms with van der Waals surface area (Å²) in [6.07, 6.45) is 2.49. The van der Waals surface area contributed by atoms with E-state index in [2.05, 4.69) is 0 Å². The lowest BCUT2D eigenvalue weighted by Gasteiger charge is -2.26. The molecule has 5 nitrogen and oxygen atoms in total. The summed E-state index contributed by atoms with van der Waals surface area (Å²) < 4.78 is 16.1. The molecule has 2 atom stereocenters. The number of methoxy groups -OCH3 is 2. The molecule has 0 aromatic heterocycles. The maximum absolute atomic E-state index is 12.7. The Kier molecular flexibility index (Phi) is 5.72. The van der Waals surface area contributed by atoms with Crippen LogP contribution in [0.1, 0.15) is 23.7 Å². The van der Waals surface area contributed by atoms with Gasteiger partial charge in [-0.2, -0.15) is 0 Å². The summed E-state index contributed by atoms with van der Waals surface area (Å²) >= 11 is 0. The Balaban J connectivity index is 2.01. The number of ether oxygens (including phenoxy) is 3. The third-order valence-electron chi connectivity index (χ3n) is 4.84. The van der Waals surface area contributed by atoms with E-state index in [9.17, 15) is 9.59 Å². The highest BCUT2D eigenvalue weighted by Gasteiger charge is 2.60. The van der Waals surface area contributed by atoms with Gasteiger partial charge in [0, 0.05) is 6.42 Å². The van der Waals surface area contributed by atoms with Crippen LogP contribution in [0, 0.1) is 5.41 Å². The summed E-state index contributed by atoms with van der Waals surface area (Å²) in [4.78, 5) is 25.4. The summed E-state index contributed by atoms with van der Waals surface area (Å²) in [5.74, 6) is -1.31. The average Bonchev–Trinajstić information content (AvgIpc) is 3.13. The van der Waals surface area contributed by atoms with Crippen molar-refractivity contribution in [2.75, 3.05) is 14.2 Å². The van der Waals surface area contributed by atoms with Gasteiger partial charge in [0.15, 0.2) is 5.41 Å². The van der Waals surface area contributed by atoms with E-state index < -0.39 is 29.6 Å². The molecule has 140 valence electrons. The first-order valence-corrected chi connectivity index (χ1v) is 8.72. The third kappa shape index (κ3) is 3.64. The molecule has 0 radical (unpaired) electrons. The van der Waals surface area contributed by atoms with Crippen LogP contribution in [0.4, 0.5) is 0 Å². The van der Waals surface area contributed by atoms with Gasteiger partial charge in [0.2, 0.25) is 0 Å². The molecule has 5 heteroatoms. The molecule has 0 aliphatic carbocycles. The Morgan fingerprint density at radius 3 is 2.07 bits per heavy atom. The molecular weight excluding hydrogens is 344 g/mol. The highest BCUT2D eigenvalue weighted by molar-refractivity contribution is 6.01. The first kappa shape index (κ1) is 18.9. The summed E-state index contributed by atoms with van der Waals surface area (Å²) in [7, 11) is 2.53. The van der Waals surface area contributed by atoms with Crippen molar-refractivity contribution in [3.63, 3.8) is 0 Å². The lowest BCUT2D eigenvalue weighted by molar-refractivity contribution is -0.171. The van der Waals surface area contributed by atoms with Crippen molar-refractivity contribution in [1.29, 1.82) is 0 Å². The predicted molar refractivity (Wildman–Crippen MR) is 101 cm³/mol. The largest absolute Gasteiger partial charge is 0.468 e. The van der Waals surface area contributed by atoms with E-state index in [1.807, 2.05) is 66.7 Å². The molecule has 0 spiro atoms. The molecule has 0 unspecified atom stereocenters. The van der Waals surface area contributed by atoms with E-state index >= 15 is 0 Å². The van der Waals surface area contributed by atoms with Gasteiger partial charge in [0.05, 0.1) is 20.3 Å². The first-order chi connectivity index (χ1) is 13.1. The first-order valence-electron chi connectivity index (χ1n) is 8.72. The van der Waals surface area contributed by atoms with Gasteiger partial charge >= 0.3 is 11.9 Å². The second kappa shape index (κ2) is 8.18. The van der Waals surface area contributed by atoms with Crippen LogP contribution in [0.3, 0.4) is 0 Å². The smallest absolute Gasteiger partial charge is 0.326 e.